The number of nitrogens with zero attached hydrogens (tertiary/aromatic N) is 1. The molecule has 1 atom stereocenters. The van der Waals surface area contributed by atoms with Crippen molar-refractivity contribution in [3.05, 3.63) is 45.7 Å². The summed E-state index contributed by atoms with van der Waals surface area (Å²) in [5.74, 6) is 0.0953. The fourth-order valence-electron chi connectivity index (χ4n) is 3.90. The van der Waals surface area contributed by atoms with E-state index in [4.69, 9.17) is 4.98 Å². The van der Waals surface area contributed by atoms with Crippen LogP contribution in [0.4, 0.5) is 4.39 Å². The van der Waals surface area contributed by atoms with E-state index in [9.17, 15) is 4.39 Å². The SMILES string of the molecule is Cl.Cl.FC1=[C]([Hf]([SiH3])([c]2ccccn2)[CH]2CCCCC2)CC=C1. The first-order valence-electron chi connectivity index (χ1n) is 7.70. The fraction of sp³-hybridized carbons (Fsp3) is 0.438. The summed E-state index contributed by atoms with van der Waals surface area (Å²) in [4.78, 5) is 4.71. The Balaban J connectivity index is 0.00000121. The average molecular weight is 527 g/mol. The van der Waals surface area contributed by atoms with Gasteiger partial charge in [-0.25, -0.2) is 0 Å². The van der Waals surface area contributed by atoms with Crippen LogP contribution in [0.1, 0.15) is 38.5 Å². The van der Waals surface area contributed by atoms with Crippen molar-refractivity contribution in [2.45, 2.75) is 42.2 Å². The van der Waals surface area contributed by atoms with Crippen LogP contribution >= 0.6 is 24.8 Å². The molecule has 0 amide bonds. The van der Waals surface area contributed by atoms with E-state index in [0.717, 1.165) is 17.5 Å². The fourth-order valence-corrected chi connectivity index (χ4v) is 31.5. The molecule has 0 saturated heterocycles. The molecule has 2 aliphatic rings. The minimum atomic E-state index is -2.95. The van der Waals surface area contributed by atoms with Gasteiger partial charge in [0.15, 0.2) is 0 Å². The summed E-state index contributed by atoms with van der Waals surface area (Å²) >= 11 is -2.95. The maximum atomic E-state index is 14.4. The molecule has 2 aliphatic carbocycles. The van der Waals surface area contributed by atoms with Gasteiger partial charge in [-0.05, 0) is 0 Å². The standard InChI is InChI=1S/C6H11.C5H4F.C5H4N.2ClH.Hf.H3Si/c1-2-4-6-5-3-1;6-5-3-1-2-4-5;1-2-4-6-5-3-1;;;;/h1H,2-6H2;1,3H,2H2;1-4H;2*1H;;1H3. The second-order valence-corrected chi connectivity index (χ2v) is 34.7. The van der Waals surface area contributed by atoms with Crippen LogP contribution in [0.2, 0.25) is 3.67 Å². The molecule has 3 rings (SSSR count). The van der Waals surface area contributed by atoms with Gasteiger partial charge in [-0.3, -0.25) is 0 Å². The van der Waals surface area contributed by atoms with Crippen molar-refractivity contribution in [3.8, 4) is 0 Å². The van der Waals surface area contributed by atoms with Gasteiger partial charge in [0.05, 0.1) is 0 Å². The Kier molecular flexibility index (Phi) is 8.21. The minimum absolute atomic E-state index is 0. The van der Waals surface area contributed by atoms with Crippen LogP contribution in [0, 0.1) is 0 Å². The summed E-state index contributed by atoms with van der Waals surface area (Å²) in [6.07, 6.45) is 13.2. The van der Waals surface area contributed by atoms with Crippen molar-refractivity contribution >= 4 is 35.7 Å². The summed E-state index contributed by atoms with van der Waals surface area (Å²) in [5, 5.41) is 0. The van der Waals surface area contributed by atoms with Crippen LogP contribution in [0.25, 0.3) is 0 Å². The van der Waals surface area contributed by atoms with Crippen LogP contribution < -0.4 is 3.45 Å². The van der Waals surface area contributed by atoms with Gasteiger partial charge in [-0.2, -0.15) is 0 Å². The van der Waals surface area contributed by atoms with Crippen LogP contribution in [-0.2, 0) is 19.1 Å². The summed E-state index contributed by atoms with van der Waals surface area (Å²) in [6.45, 7) is 0. The van der Waals surface area contributed by atoms with Crippen molar-refractivity contribution in [1.29, 1.82) is 0 Å². The number of pyridine rings is 1. The Bertz CT molecular complexity index is 546. The van der Waals surface area contributed by atoms with E-state index in [0.29, 0.717) is 0 Å². The number of aromatic nitrogens is 1. The van der Waals surface area contributed by atoms with Crippen molar-refractivity contribution in [1.82, 2.24) is 4.98 Å². The van der Waals surface area contributed by atoms with Gasteiger partial charge in [0.2, 0.25) is 0 Å². The monoisotopic (exact) mass is 527 g/mol. The third-order valence-corrected chi connectivity index (χ3v) is 39.9. The van der Waals surface area contributed by atoms with Crippen molar-refractivity contribution in [2.75, 3.05) is 0 Å². The Labute approximate surface area is 151 Å². The summed E-state index contributed by atoms with van der Waals surface area (Å²) < 4.78 is 17.7. The summed E-state index contributed by atoms with van der Waals surface area (Å²) in [6, 6.07) is 6.28. The average Bonchev–Trinajstić information content (AvgIpc) is 2.95. The van der Waals surface area contributed by atoms with E-state index >= 15 is 0 Å². The predicted octanol–water partition coefficient (Wildman–Crippen LogP) is 3.88. The predicted molar refractivity (Wildman–Crippen MR) is 97.0 cm³/mol. The second kappa shape index (κ2) is 8.91. The van der Waals surface area contributed by atoms with Gasteiger partial charge in [0, 0.05) is 0 Å². The van der Waals surface area contributed by atoms with Gasteiger partial charge in [0.25, 0.3) is 0 Å². The van der Waals surface area contributed by atoms with E-state index in [-0.39, 0.29) is 30.6 Å². The van der Waals surface area contributed by atoms with Crippen molar-refractivity contribution < 1.29 is 23.5 Å². The molecule has 0 bridgehead atoms. The van der Waals surface area contributed by atoms with Gasteiger partial charge in [0.1, 0.15) is 0 Å². The molecular weight excluding hydrogens is 503 g/mol. The molecule has 1 nitrogen and oxygen atoms in total. The molecule has 1 aromatic heterocycles. The molecule has 0 N–H and O–H groups in total. The Morgan fingerprint density at radius 1 is 1.14 bits per heavy atom. The van der Waals surface area contributed by atoms with Crippen LogP contribution in [-0.4, -0.2) is 12.4 Å². The molecular formula is C16H24Cl2FHfNSi. The Hall–Kier alpha value is 0.227. The van der Waals surface area contributed by atoms with Gasteiger partial charge < -0.3 is 0 Å². The van der Waals surface area contributed by atoms with Gasteiger partial charge >= 0.3 is 127 Å². The van der Waals surface area contributed by atoms with Gasteiger partial charge in [-0.15, -0.1) is 24.8 Å². The van der Waals surface area contributed by atoms with E-state index in [2.05, 4.69) is 12.1 Å². The molecule has 1 heterocycles. The first-order chi connectivity index (χ1) is 9.73. The molecule has 1 aromatic rings. The third-order valence-electron chi connectivity index (χ3n) is 5.12. The van der Waals surface area contributed by atoms with Crippen LogP contribution in [0.5, 0.6) is 0 Å². The zero-order valence-electron chi connectivity index (χ0n) is 12.9. The normalized spacial score (nSPS) is 21.1. The zero-order valence-corrected chi connectivity index (χ0v) is 20.2. The van der Waals surface area contributed by atoms with E-state index in [1.807, 2.05) is 18.3 Å². The molecule has 0 aliphatic heterocycles. The second-order valence-electron chi connectivity index (χ2n) is 6.19. The Morgan fingerprint density at radius 3 is 2.41 bits per heavy atom. The first kappa shape index (κ1) is 20.3. The molecule has 0 aromatic carbocycles. The van der Waals surface area contributed by atoms with E-state index < -0.39 is 19.1 Å². The van der Waals surface area contributed by atoms with Crippen LogP contribution in [0.15, 0.2) is 45.7 Å². The molecule has 122 valence electrons. The number of hydrogen-bond acceptors (Lipinski definition) is 1. The molecule has 0 spiro atoms. The van der Waals surface area contributed by atoms with Crippen molar-refractivity contribution in [3.63, 3.8) is 0 Å². The molecule has 1 fully saturated rings. The molecule has 6 heteroatoms. The van der Waals surface area contributed by atoms with Crippen molar-refractivity contribution in [2.24, 2.45) is 0 Å². The summed E-state index contributed by atoms with van der Waals surface area (Å²) in [5.41, 5.74) is 0. The van der Waals surface area contributed by atoms with Gasteiger partial charge in [-0.1, -0.05) is 0 Å². The number of hydrogen-bond donors (Lipinski definition) is 0. The Morgan fingerprint density at radius 2 is 1.86 bits per heavy atom. The first-order valence-corrected chi connectivity index (χ1v) is 25.1. The molecule has 1 saturated carbocycles. The third kappa shape index (κ3) is 3.82. The number of rotatable bonds is 3. The molecule has 0 radical (unpaired) electrons. The van der Waals surface area contributed by atoms with Crippen LogP contribution in [0.3, 0.4) is 0 Å². The molecule has 22 heavy (non-hydrogen) atoms. The quantitative estimate of drug-likeness (QED) is 0.545. The number of allylic oxidation sites excluding steroid dienone is 4. The topological polar surface area (TPSA) is 12.9 Å². The van der Waals surface area contributed by atoms with E-state index in [1.165, 1.54) is 38.9 Å². The molecule has 1 unspecified atom stereocenters. The maximum absolute atomic E-state index is 14.4. The summed E-state index contributed by atoms with van der Waals surface area (Å²) in [7, 11) is 1.15. The zero-order chi connectivity index (χ0) is 14.0. The van der Waals surface area contributed by atoms with E-state index in [1.54, 1.807) is 6.08 Å². The number of halogens is 3.